The lowest BCUT2D eigenvalue weighted by atomic mass is 10.1. The van der Waals surface area contributed by atoms with Crippen molar-refractivity contribution in [3.8, 4) is 11.3 Å². The number of carbonyl (C=O) groups is 1. The van der Waals surface area contributed by atoms with Gasteiger partial charge >= 0.3 is 12.1 Å². The average molecular weight is 432 g/mol. The number of nitrogens with zero attached hydrogens (tertiary/aromatic N) is 1. The van der Waals surface area contributed by atoms with Crippen molar-refractivity contribution in [2.24, 2.45) is 0 Å². The quantitative estimate of drug-likeness (QED) is 0.397. The lowest BCUT2D eigenvalue weighted by Gasteiger charge is -2.19. The molecule has 0 saturated heterocycles. The average Bonchev–Trinajstić information content (AvgIpc) is 2.73. The minimum Gasteiger partial charge on any atom is -0.465 e. The van der Waals surface area contributed by atoms with Crippen molar-refractivity contribution in [2.75, 3.05) is 12.3 Å². The van der Waals surface area contributed by atoms with E-state index in [4.69, 9.17) is 10.5 Å². The second kappa shape index (κ2) is 9.21. The number of nitrogen functional groups attached to an aromatic ring is 1. The van der Waals surface area contributed by atoms with E-state index in [0.717, 1.165) is 17.8 Å². The van der Waals surface area contributed by atoms with Crippen LogP contribution >= 0.6 is 11.8 Å². The summed E-state index contributed by atoms with van der Waals surface area (Å²) in [5.41, 5.74) is 5.57. The molecule has 156 valence electrons. The van der Waals surface area contributed by atoms with Crippen molar-refractivity contribution in [2.45, 2.75) is 23.4 Å². The van der Waals surface area contributed by atoms with Crippen molar-refractivity contribution in [3.05, 3.63) is 77.9 Å². The summed E-state index contributed by atoms with van der Waals surface area (Å²) in [4.78, 5) is 16.9. The third-order valence-corrected chi connectivity index (χ3v) is 5.47. The monoisotopic (exact) mass is 432 g/mol. The zero-order valence-electron chi connectivity index (χ0n) is 16.0. The number of benzene rings is 2. The number of ether oxygens (including phenoxy) is 1. The molecule has 0 aliphatic rings. The van der Waals surface area contributed by atoms with E-state index in [0.29, 0.717) is 11.1 Å². The molecule has 3 aromatic rings. The van der Waals surface area contributed by atoms with Crippen molar-refractivity contribution in [3.63, 3.8) is 0 Å². The number of esters is 1. The Morgan fingerprint density at radius 1 is 1.10 bits per heavy atom. The molecule has 0 fully saturated rings. The van der Waals surface area contributed by atoms with Crippen molar-refractivity contribution in [1.82, 2.24) is 4.98 Å². The first-order valence-electron chi connectivity index (χ1n) is 9.12. The van der Waals surface area contributed by atoms with Crippen molar-refractivity contribution in [1.29, 1.82) is 0 Å². The van der Waals surface area contributed by atoms with E-state index in [9.17, 15) is 18.0 Å². The molecular formula is C22H19F3N2O2S. The van der Waals surface area contributed by atoms with Crippen LogP contribution in [-0.2, 0) is 15.7 Å². The Kier molecular flexibility index (Phi) is 6.66. The number of nitrogens with two attached hydrogens (primary N) is 1. The van der Waals surface area contributed by atoms with Gasteiger partial charge in [0.15, 0.2) is 0 Å². The fourth-order valence-corrected chi connectivity index (χ4v) is 3.89. The molecule has 0 saturated carbocycles. The predicted octanol–water partition coefficient (Wildman–Crippen LogP) is 5.75. The zero-order chi connectivity index (χ0) is 21.7. The highest BCUT2D eigenvalue weighted by molar-refractivity contribution is 8.00. The number of carbonyl (C=O) groups excluding carboxylic acids is 1. The number of halogens is 3. The Balaban J connectivity index is 2.11. The van der Waals surface area contributed by atoms with Gasteiger partial charge in [0.1, 0.15) is 10.3 Å². The predicted molar refractivity (Wildman–Crippen MR) is 111 cm³/mol. The van der Waals surface area contributed by atoms with E-state index in [-0.39, 0.29) is 17.3 Å². The topological polar surface area (TPSA) is 65.2 Å². The van der Waals surface area contributed by atoms with Crippen LogP contribution in [-0.4, -0.2) is 17.6 Å². The lowest BCUT2D eigenvalue weighted by Crippen LogP contribution is -2.15. The summed E-state index contributed by atoms with van der Waals surface area (Å²) in [6.45, 7) is 1.80. The van der Waals surface area contributed by atoms with Gasteiger partial charge in [0.25, 0.3) is 0 Å². The van der Waals surface area contributed by atoms with E-state index in [1.807, 2.05) is 0 Å². The molecule has 3 rings (SSSR count). The van der Waals surface area contributed by atoms with Gasteiger partial charge in [0, 0.05) is 5.56 Å². The maximum atomic E-state index is 13.7. The molecule has 1 heterocycles. The van der Waals surface area contributed by atoms with E-state index in [1.54, 1.807) is 67.6 Å². The molecule has 0 bridgehead atoms. The standard InChI is InChI=1S/C22H19F3N2O2S/c1-2-29-21(28)19(15-11-7-4-8-12-15)30-20-18(26)16(22(23,24)25)13-17(27-20)14-9-5-3-6-10-14/h3-13,19H,2,26H2,1H3. The Morgan fingerprint density at radius 3 is 2.27 bits per heavy atom. The van der Waals surface area contributed by atoms with E-state index in [1.165, 1.54) is 0 Å². The lowest BCUT2D eigenvalue weighted by molar-refractivity contribution is -0.142. The van der Waals surface area contributed by atoms with Gasteiger partial charge < -0.3 is 10.5 Å². The Labute approximate surface area is 176 Å². The van der Waals surface area contributed by atoms with Gasteiger partial charge in [-0.2, -0.15) is 13.2 Å². The molecule has 2 N–H and O–H groups in total. The summed E-state index contributed by atoms with van der Waals surface area (Å²) in [7, 11) is 0. The third-order valence-electron chi connectivity index (χ3n) is 4.23. The maximum Gasteiger partial charge on any atom is 0.418 e. The molecule has 0 aliphatic heterocycles. The van der Waals surface area contributed by atoms with Crippen LogP contribution in [0.4, 0.5) is 18.9 Å². The van der Waals surface area contributed by atoms with Crippen LogP contribution in [0.3, 0.4) is 0 Å². The van der Waals surface area contributed by atoms with Gasteiger partial charge in [-0.05, 0) is 18.6 Å². The molecule has 0 amide bonds. The maximum absolute atomic E-state index is 13.7. The molecule has 8 heteroatoms. The Morgan fingerprint density at radius 2 is 1.70 bits per heavy atom. The second-order valence-corrected chi connectivity index (χ2v) is 7.39. The number of thioether (sulfide) groups is 1. The third kappa shape index (κ3) is 4.94. The highest BCUT2D eigenvalue weighted by Gasteiger charge is 2.36. The second-order valence-electron chi connectivity index (χ2n) is 6.30. The molecule has 4 nitrogen and oxygen atoms in total. The van der Waals surface area contributed by atoms with Crippen LogP contribution in [0.15, 0.2) is 71.8 Å². The first-order chi connectivity index (χ1) is 14.3. The SMILES string of the molecule is CCOC(=O)C(Sc1nc(-c2ccccc2)cc(C(F)(F)F)c1N)c1ccccc1. The molecule has 1 aromatic heterocycles. The Hall–Kier alpha value is -3.00. The van der Waals surface area contributed by atoms with Gasteiger partial charge in [0.2, 0.25) is 0 Å². The van der Waals surface area contributed by atoms with Crippen LogP contribution in [0.2, 0.25) is 0 Å². The van der Waals surface area contributed by atoms with Gasteiger partial charge in [0.05, 0.1) is 23.6 Å². The highest BCUT2D eigenvalue weighted by atomic mass is 32.2. The molecule has 0 aliphatic carbocycles. The van der Waals surface area contributed by atoms with Gasteiger partial charge in [-0.1, -0.05) is 72.4 Å². The van der Waals surface area contributed by atoms with E-state index < -0.39 is 28.6 Å². The molecule has 1 atom stereocenters. The molecule has 1 unspecified atom stereocenters. The summed E-state index contributed by atoms with van der Waals surface area (Å²) < 4.78 is 46.1. The van der Waals surface area contributed by atoms with Crippen LogP contribution in [0.1, 0.15) is 23.3 Å². The van der Waals surface area contributed by atoms with E-state index >= 15 is 0 Å². The van der Waals surface area contributed by atoms with Crippen LogP contribution in [0.25, 0.3) is 11.3 Å². The van der Waals surface area contributed by atoms with Crippen molar-refractivity contribution >= 4 is 23.4 Å². The summed E-state index contributed by atoms with van der Waals surface area (Å²) in [5, 5.41) is -0.987. The Bertz CT molecular complexity index is 1010. The first kappa shape index (κ1) is 21.7. The number of rotatable bonds is 6. The van der Waals surface area contributed by atoms with Gasteiger partial charge in [-0.15, -0.1) is 0 Å². The van der Waals surface area contributed by atoms with Crippen LogP contribution < -0.4 is 5.73 Å². The number of anilines is 1. The van der Waals surface area contributed by atoms with Gasteiger partial charge in [-0.25, -0.2) is 4.98 Å². The largest absolute Gasteiger partial charge is 0.465 e. The van der Waals surface area contributed by atoms with E-state index in [2.05, 4.69) is 4.98 Å². The highest BCUT2D eigenvalue weighted by Crippen LogP contribution is 2.44. The summed E-state index contributed by atoms with van der Waals surface area (Å²) >= 11 is 0.845. The number of hydrogen-bond acceptors (Lipinski definition) is 5. The minimum atomic E-state index is -4.67. The first-order valence-corrected chi connectivity index (χ1v) is 10.0. The smallest absolute Gasteiger partial charge is 0.418 e. The van der Waals surface area contributed by atoms with Crippen LogP contribution in [0, 0.1) is 0 Å². The minimum absolute atomic E-state index is 0.0782. The fraction of sp³-hybridized carbons (Fsp3) is 0.182. The zero-order valence-corrected chi connectivity index (χ0v) is 16.8. The number of hydrogen-bond donors (Lipinski definition) is 1. The normalized spacial score (nSPS) is 12.4. The summed E-state index contributed by atoms with van der Waals surface area (Å²) in [6, 6.07) is 18.1. The molecule has 0 spiro atoms. The van der Waals surface area contributed by atoms with Gasteiger partial charge in [-0.3, -0.25) is 4.79 Å². The molecular weight excluding hydrogens is 413 g/mol. The number of alkyl halides is 3. The fourth-order valence-electron chi connectivity index (χ4n) is 2.82. The van der Waals surface area contributed by atoms with Crippen molar-refractivity contribution < 1.29 is 22.7 Å². The molecule has 2 aromatic carbocycles. The summed E-state index contributed by atoms with van der Waals surface area (Å²) in [6.07, 6.45) is -4.67. The molecule has 0 radical (unpaired) electrons. The van der Waals surface area contributed by atoms with Crippen LogP contribution in [0.5, 0.6) is 0 Å². The number of pyridine rings is 1. The number of aromatic nitrogens is 1. The summed E-state index contributed by atoms with van der Waals surface area (Å²) in [5.74, 6) is -0.575. The molecule has 30 heavy (non-hydrogen) atoms.